The molecule has 4 saturated carbocycles. The number of fused-ring (bicyclic) bond motifs is 1. The van der Waals surface area contributed by atoms with Crippen molar-refractivity contribution in [2.75, 3.05) is 6.54 Å². The van der Waals surface area contributed by atoms with Gasteiger partial charge in [0.1, 0.15) is 23.9 Å². The Labute approximate surface area is 499 Å². The molecule has 0 amide bonds. The van der Waals surface area contributed by atoms with Crippen LogP contribution in [0.4, 0.5) is 5.69 Å². The number of aliphatic hydroxyl groups excluding tert-OH is 2. The van der Waals surface area contributed by atoms with E-state index in [2.05, 4.69) is 50.5 Å². The van der Waals surface area contributed by atoms with E-state index < -0.39 is 187 Å². The van der Waals surface area contributed by atoms with Crippen LogP contribution in [0.25, 0.3) is 0 Å². The summed E-state index contributed by atoms with van der Waals surface area (Å²) >= 11 is 0.268. The summed E-state index contributed by atoms with van der Waals surface area (Å²) in [6, 6.07) is -8.90. The number of carbonyl (C=O) groups excluding carboxylic acids is 1. The minimum atomic E-state index is -5.41. The standard InChI is InChI=1S/C31H48N10O22S5.6Li/c42-28-23-12(7-18(64-63-62-49)24(28)36-33-16-6-3-14(41(47)48)9-19(16)66(53,54)55)8-21(68(59,60)61)25(29(23)43)37-34-17-11-32-22(10-20(17)67(56,57)58)35-38-26-27(31(45)46)39-40(30(26)44)13-1-4-15(5-2-13)65(50,51)52;;;;;;/h12-25,28-29,32,39,42-43,49H,1-11H2,(H,45,46)(H,50,51,52)(H,53,54,55)(H,56,57,58)(H,59,60,61);;;;;;/q;6*+1/p-6. The van der Waals surface area contributed by atoms with Gasteiger partial charge in [0.2, 0.25) is 6.04 Å². The van der Waals surface area contributed by atoms with Gasteiger partial charge in [-0.2, -0.15) is 29.9 Å². The number of nitrogens with one attached hydrogen (secondary N) is 2. The van der Waals surface area contributed by atoms with Gasteiger partial charge in [0.25, 0.3) is 5.56 Å². The first-order chi connectivity index (χ1) is 31.6. The van der Waals surface area contributed by atoms with Crippen LogP contribution in [0.1, 0.15) is 80.7 Å². The number of hydrogen-bond donors (Lipinski definition) is 4. The van der Waals surface area contributed by atoms with Crippen LogP contribution in [-0.4, -0.2) is 164 Å². The van der Waals surface area contributed by atoms with E-state index >= 15 is 0 Å². The second-order valence-corrected chi connectivity index (χ2v) is 24.4. The van der Waals surface area contributed by atoms with Crippen molar-refractivity contribution in [2.45, 2.75) is 145 Å². The minimum Gasteiger partial charge on any atom is -0.748 e. The van der Waals surface area contributed by atoms with Gasteiger partial charge < -0.3 is 43.6 Å². The first-order valence-corrected chi connectivity index (χ1v) is 27.2. The Bertz CT molecular complexity index is 2670. The number of H-pyrrole nitrogens is 1. The van der Waals surface area contributed by atoms with Gasteiger partial charge in [-0.05, 0) is 50.9 Å². The zero-order valence-electron chi connectivity index (χ0n) is 40.7. The van der Waals surface area contributed by atoms with Crippen molar-refractivity contribution in [1.29, 1.82) is 0 Å². The summed E-state index contributed by atoms with van der Waals surface area (Å²) in [6.07, 6.45) is -8.63. The van der Waals surface area contributed by atoms with Gasteiger partial charge in [-0.1, -0.05) is 0 Å². The quantitative estimate of drug-likeness (QED) is 0.0227. The number of hydrogen-bond acceptors (Lipinski definition) is 30. The third-order valence-corrected chi connectivity index (χ3v) is 19.0. The molecule has 1 aliphatic heterocycles. The van der Waals surface area contributed by atoms with Gasteiger partial charge >= 0.3 is 113 Å². The third kappa shape index (κ3) is 17.8. The van der Waals surface area contributed by atoms with Crippen molar-refractivity contribution < 1.29 is 205 Å². The Morgan fingerprint density at radius 2 is 1.24 bits per heavy atom. The topological polar surface area (TPSA) is 518 Å². The fourth-order valence-electron chi connectivity index (χ4n) is 9.75. The number of azo groups is 3. The van der Waals surface area contributed by atoms with Crippen molar-refractivity contribution in [2.24, 2.45) is 42.5 Å². The van der Waals surface area contributed by atoms with Crippen LogP contribution in [0, 0.1) is 22.0 Å². The third-order valence-electron chi connectivity index (χ3n) is 13.1. The Hall–Kier alpha value is 0.0144. The van der Waals surface area contributed by atoms with Crippen LogP contribution in [0.2, 0.25) is 0 Å². The molecule has 74 heavy (non-hydrogen) atoms. The molecule has 1 aromatic heterocycles. The van der Waals surface area contributed by atoms with Crippen molar-refractivity contribution in [3.05, 3.63) is 26.2 Å². The molecule has 43 heteroatoms. The summed E-state index contributed by atoms with van der Waals surface area (Å²) in [5.41, 5.74) is -2.72. The smallest absolute Gasteiger partial charge is 0.748 e. The largest absolute Gasteiger partial charge is 1.00 e. The predicted molar refractivity (Wildman–Crippen MR) is 213 cm³/mol. The van der Waals surface area contributed by atoms with Crippen LogP contribution < -0.4 is 134 Å². The molecular formula is C31H42Li6N10O22S5. The van der Waals surface area contributed by atoms with E-state index in [1.807, 2.05) is 0 Å². The maximum atomic E-state index is 13.3. The molecule has 1 aromatic rings. The van der Waals surface area contributed by atoms with Crippen molar-refractivity contribution in [1.82, 2.24) is 15.1 Å². The molecule has 0 radical (unpaired) electrons. The molecule has 4 N–H and O–H groups in total. The minimum absolute atomic E-state index is 0. The molecule has 0 aromatic carbocycles. The summed E-state index contributed by atoms with van der Waals surface area (Å²) in [7, 11) is -20.6. The van der Waals surface area contributed by atoms with Gasteiger partial charge in [0, 0.05) is 53.9 Å². The number of nitro groups is 1. The Balaban J connectivity index is 0.00000888. The van der Waals surface area contributed by atoms with Crippen LogP contribution in [-0.2, 0) is 49.8 Å². The monoisotopic (exact) mass is 1110 g/mol. The fourth-order valence-corrected chi connectivity index (χ4v) is 14.4. The summed E-state index contributed by atoms with van der Waals surface area (Å²) in [6.45, 7) is -0.602. The predicted octanol–water partition coefficient (Wildman–Crippen LogP) is -22.1. The SMILES string of the molecule is O=C([O-])c1[nH]n(C2CCC(S(=O)(=O)[O-])CC2)c(=O)c1N=NC1CC(S(=O)(=O)[O-])C(N=NC2C(O)C3C(CC(SOO[O-])C(N=NC4CCC([N+](=O)[O-])CC4S(=O)(=O)[O-])C3O)CC2S(=O)(=O)[O-])CN1.[Li+].[Li+].[Li+].[Li+].[Li+].[Li+]. The molecule has 1 saturated heterocycles. The molecule has 4 aliphatic carbocycles. The van der Waals surface area contributed by atoms with Crippen LogP contribution in [0.3, 0.4) is 0 Å². The Morgan fingerprint density at radius 1 is 0.703 bits per heavy atom. The normalized spacial score (nSPS) is 33.8. The molecule has 5 aliphatic rings. The average molecular weight is 1110 g/mol. The van der Waals surface area contributed by atoms with Gasteiger partial charge in [-0.15, -0.1) is 5.11 Å². The average Bonchev–Trinajstić information content (AvgIpc) is 3.58. The van der Waals surface area contributed by atoms with E-state index in [9.17, 15) is 92.2 Å². The maximum Gasteiger partial charge on any atom is 1.00 e. The molecule has 2 heterocycles. The van der Waals surface area contributed by atoms with Gasteiger partial charge in [0.05, 0.1) is 97.8 Å². The van der Waals surface area contributed by atoms with E-state index in [1.165, 1.54) is 0 Å². The van der Waals surface area contributed by atoms with E-state index in [4.69, 9.17) is 0 Å². The summed E-state index contributed by atoms with van der Waals surface area (Å²) < 4.78 is 151. The molecule has 6 rings (SSSR count). The molecule has 5 fully saturated rings. The molecule has 384 valence electrons. The Morgan fingerprint density at radius 3 is 1.77 bits per heavy atom. The molecule has 14 unspecified atom stereocenters. The number of carboxylic acids is 1. The second-order valence-electron chi connectivity index (χ2n) is 17.1. The van der Waals surface area contributed by atoms with Gasteiger partial charge in [0.15, 0.2) is 5.69 Å². The van der Waals surface area contributed by atoms with Crippen molar-refractivity contribution in [3.63, 3.8) is 0 Å². The number of aromatic amines is 1. The van der Waals surface area contributed by atoms with Crippen LogP contribution >= 0.6 is 12.0 Å². The van der Waals surface area contributed by atoms with Crippen LogP contribution in [0.15, 0.2) is 35.5 Å². The molecule has 0 bridgehead atoms. The number of carbonyl (C=O) groups is 1. The number of aromatic nitrogens is 2. The van der Waals surface area contributed by atoms with E-state index in [0.29, 0.717) is 0 Å². The molecular weight excluding hydrogens is 1070 g/mol. The molecule has 0 spiro atoms. The number of rotatable bonds is 16. The van der Waals surface area contributed by atoms with E-state index in [1.54, 1.807) is 0 Å². The Kier molecular flexibility index (Phi) is 30.2. The first-order valence-electron chi connectivity index (χ1n) is 20.5. The van der Waals surface area contributed by atoms with Crippen molar-refractivity contribution in [3.8, 4) is 0 Å². The number of aromatic carboxylic acids is 1. The van der Waals surface area contributed by atoms with Gasteiger partial charge in [-0.25, -0.2) is 38.4 Å². The zero-order valence-corrected chi connectivity index (χ0v) is 44.8. The number of nitrogens with zero attached hydrogens (tertiary/aromatic N) is 8. The van der Waals surface area contributed by atoms with Crippen LogP contribution in [0.5, 0.6) is 0 Å². The zero-order chi connectivity index (χ0) is 50.3. The first kappa shape index (κ1) is 74.0. The molecule has 14 atom stereocenters. The maximum absolute atomic E-state index is 13.3. The van der Waals surface area contributed by atoms with Gasteiger partial charge in [-0.3, -0.25) is 30.4 Å². The molecule has 32 nitrogen and oxygen atoms in total. The number of carboxylic acid groups (broad SMARTS) is 1. The summed E-state index contributed by atoms with van der Waals surface area (Å²) in [5, 5.41) is 80.4. The second kappa shape index (κ2) is 30.2. The summed E-state index contributed by atoms with van der Waals surface area (Å²) in [4.78, 5) is 35.8. The number of piperidine rings is 1. The number of aliphatic hydroxyl groups is 2. The van der Waals surface area contributed by atoms with Crippen molar-refractivity contribution >= 4 is 64.2 Å². The fraction of sp³-hybridized carbons (Fsp3) is 0.871. The van der Waals surface area contributed by atoms with E-state index in [-0.39, 0.29) is 170 Å². The van der Waals surface area contributed by atoms with E-state index in [0.717, 1.165) is 4.68 Å². The summed E-state index contributed by atoms with van der Waals surface area (Å²) in [5.74, 6) is -4.47.